The van der Waals surface area contributed by atoms with E-state index in [-0.39, 0.29) is 10.9 Å². The number of ether oxygens (including phenoxy) is 1. The summed E-state index contributed by atoms with van der Waals surface area (Å²) in [5.41, 5.74) is -0.513. The van der Waals surface area contributed by atoms with Gasteiger partial charge in [-0.15, -0.1) is 0 Å². The van der Waals surface area contributed by atoms with Crippen molar-refractivity contribution in [2.75, 3.05) is 0 Å². The van der Waals surface area contributed by atoms with Gasteiger partial charge in [0.25, 0.3) is 0 Å². The van der Waals surface area contributed by atoms with Gasteiger partial charge in [-0.3, -0.25) is 4.57 Å². The van der Waals surface area contributed by atoms with Crippen LogP contribution in [-0.2, 0) is 4.74 Å². The molecule has 19 heavy (non-hydrogen) atoms. The number of hydrogen-bond acceptors (Lipinski definition) is 2. The van der Waals surface area contributed by atoms with Gasteiger partial charge in [-0.05, 0) is 49.4 Å². The molecule has 2 rings (SSSR count). The number of carbonyl (C=O) groups is 1. The van der Waals surface area contributed by atoms with Crippen LogP contribution in [-0.4, -0.2) is 16.3 Å². The van der Waals surface area contributed by atoms with E-state index in [0.717, 1.165) is 16.7 Å². The van der Waals surface area contributed by atoms with Crippen molar-refractivity contribution in [3.63, 3.8) is 0 Å². The molecule has 0 amide bonds. The summed E-state index contributed by atoms with van der Waals surface area (Å²) in [6.07, 6.45) is 0.771. The Morgan fingerprint density at radius 2 is 1.95 bits per heavy atom. The molecule has 3 nitrogen and oxygen atoms in total. The van der Waals surface area contributed by atoms with Crippen molar-refractivity contribution in [3.05, 3.63) is 33.5 Å². The summed E-state index contributed by atoms with van der Waals surface area (Å²) in [7, 11) is 0. The van der Waals surface area contributed by atoms with Gasteiger partial charge < -0.3 is 4.74 Å². The third-order valence-corrected chi connectivity index (χ3v) is 3.18. The standard InChI is InChI=1S/C13H12F2INO2/c1-13(2,3)19-12(18)17-6-9(16)11-8(15)4-7(14)5-10(11)17/h4-6H,1-3H3. The first-order valence-electron chi connectivity index (χ1n) is 5.58. The van der Waals surface area contributed by atoms with Crippen molar-refractivity contribution in [3.8, 4) is 0 Å². The summed E-state index contributed by atoms with van der Waals surface area (Å²) < 4.78 is 33.8. The highest BCUT2D eigenvalue weighted by Gasteiger charge is 2.22. The molecule has 2 aromatic rings. The van der Waals surface area contributed by atoms with E-state index in [1.165, 1.54) is 6.20 Å². The zero-order chi connectivity index (χ0) is 14.4. The van der Waals surface area contributed by atoms with Crippen molar-refractivity contribution in [1.29, 1.82) is 0 Å². The summed E-state index contributed by atoms with van der Waals surface area (Å²) in [4.78, 5) is 12.0. The first-order chi connectivity index (χ1) is 8.69. The Morgan fingerprint density at radius 3 is 2.53 bits per heavy atom. The van der Waals surface area contributed by atoms with Crippen LogP contribution in [0.5, 0.6) is 0 Å². The molecule has 0 aliphatic heterocycles. The Kier molecular flexibility index (Phi) is 3.55. The molecule has 1 aromatic heterocycles. The molecule has 0 aliphatic carbocycles. The molecule has 1 aromatic carbocycles. The number of carbonyl (C=O) groups excluding carboxylic acids is 1. The number of nitrogens with zero attached hydrogens (tertiary/aromatic N) is 1. The van der Waals surface area contributed by atoms with Gasteiger partial charge >= 0.3 is 6.09 Å². The van der Waals surface area contributed by atoms with E-state index < -0.39 is 23.3 Å². The number of benzene rings is 1. The topological polar surface area (TPSA) is 31.2 Å². The van der Waals surface area contributed by atoms with Crippen molar-refractivity contribution in [2.45, 2.75) is 26.4 Å². The van der Waals surface area contributed by atoms with Crippen LogP contribution in [0.15, 0.2) is 18.3 Å². The van der Waals surface area contributed by atoms with E-state index in [0.29, 0.717) is 3.57 Å². The number of halogens is 3. The fourth-order valence-electron chi connectivity index (χ4n) is 1.70. The molecule has 0 unspecified atom stereocenters. The fraction of sp³-hybridized carbons (Fsp3) is 0.308. The minimum absolute atomic E-state index is 0.163. The molecule has 0 bridgehead atoms. The molecular formula is C13H12F2INO2. The molecule has 102 valence electrons. The highest BCUT2D eigenvalue weighted by atomic mass is 127. The molecule has 6 heteroatoms. The zero-order valence-electron chi connectivity index (χ0n) is 10.6. The maximum atomic E-state index is 13.7. The van der Waals surface area contributed by atoms with Gasteiger partial charge in [0.15, 0.2) is 0 Å². The van der Waals surface area contributed by atoms with Crippen LogP contribution in [0.1, 0.15) is 20.8 Å². The minimum Gasteiger partial charge on any atom is -0.443 e. The Morgan fingerprint density at radius 1 is 1.32 bits per heavy atom. The van der Waals surface area contributed by atoms with Crippen LogP contribution in [0.4, 0.5) is 13.6 Å². The Balaban J connectivity index is 2.59. The van der Waals surface area contributed by atoms with E-state index in [2.05, 4.69) is 0 Å². The predicted octanol–water partition coefficient (Wildman–Crippen LogP) is 4.31. The zero-order valence-corrected chi connectivity index (χ0v) is 12.8. The highest BCUT2D eigenvalue weighted by molar-refractivity contribution is 14.1. The smallest absolute Gasteiger partial charge is 0.419 e. The Bertz CT molecular complexity index is 659. The predicted molar refractivity (Wildman–Crippen MR) is 76.2 cm³/mol. The lowest BCUT2D eigenvalue weighted by molar-refractivity contribution is 0.0544. The number of hydrogen-bond donors (Lipinski definition) is 0. The molecule has 0 radical (unpaired) electrons. The van der Waals surface area contributed by atoms with Gasteiger partial charge in [0, 0.05) is 21.2 Å². The second kappa shape index (κ2) is 4.73. The van der Waals surface area contributed by atoms with Gasteiger partial charge in [0.1, 0.15) is 17.2 Å². The second-order valence-electron chi connectivity index (χ2n) is 5.11. The fourth-order valence-corrected chi connectivity index (χ4v) is 2.51. The molecule has 0 N–H and O–H groups in total. The van der Waals surface area contributed by atoms with Crippen molar-refractivity contribution < 1.29 is 18.3 Å². The first kappa shape index (κ1) is 14.2. The van der Waals surface area contributed by atoms with Gasteiger partial charge in [0.05, 0.1) is 5.52 Å². The van der Waals surface area contributed by atoms with Crippen LogP contribution in [0.3, 0.4) is 0 Å². The Hall–Kier alpha value is -1.18. The third-order valence-electron chi connectivity index (χ3n) is 2.37. The first-order valence-corrected chi connectivity index (χ1v) is 6.66. The number of rotatable bonds is 0. The van der Waals surface area contributed by atoms with Gasteiger partial charge in [-0.1, -0.05) is 0 Å². The van der Waals surface area contributed by atoms with Crippen LogP contribution in [0.25, 0.3) is 10.9 Å². The largest absolute Gasteiger partial charge is 0.443 e. The van der Waals surface area contributed by atoms with E-state index >= 15 is 0 Å². The van der Waals surface area contributed by atoms with E-state index in [1.54, 1.807) is 20.8 Å². The van der Waals surface area contributed by atoms with E-state index in [9.17, 15) is 13.6 Å². The lowest BCUT2D eigenvalue weighted by Crippen LogP contribution is -2.26. The Labute approximate surface area is 122 Å². The summed E-state index contributed by atoms with van der Waals surface area (Å²) in [6, 6.07) is 1.91. The van der Waals surface area contributed by atoms with Gasteiger partial charge in [0.2, 0.25) is 0 Å². The summed E-state index contributed by atoms with van der Waals surface area (Å²) in [5.74, 6) is -1.42. The van der Waals surface area contributed by atoms with Crippen LogP contribution >= 0.6 is 22.6 Å². The molecule has 0 fully saturated rings. The van der Waals surface area contributed by atoms with Crippen LogP contribution in [0, 0.1) is 15.2 Å². The van der Waals surface area contributed by atoms with Crippen LogP contribution < -0.4 is 0 Å². The molecule has 0 atom stereocenters. The highest BCUT2D eigenvalue weighted by Crippen LogP contribution is 2.27. The molecule has 0 aliphatic rings. The van der Waals surface area contributed by atoms with Gasteiger partial charge in [-0.2, -0.15) is 0 Å². The maximum Gasteiger partial charge on any atom is 0.419 e. The lowest BCUT2D eigenvalue weighted by Gasteiger charge is -2.19. The second-order valence-corrected chi connectivity index (χ2v) is 6.27. The van der Waals surface area contributed by atoms with Crippen LogP contribution in [0.2, 0.25) is 0 Å². The lowest BCUT2D eigenvalue weighted by atomic mass is 10.2. The molecule has 0 saturated carbocycles. The van der Waals surface area contributed by atoms with E-state index in [4.69, 9.17) is 4.74 Å². The average Bonchev–Trinajstić information content (AvgIpc) is 2.53. The monoisotopic (exact) mass is 379 g/mol. The number of fused-ring (bicyclic) bond motifs is 1. The van der Waals surface area contributed by atoms with Crippen molar-refractivity contribution in [2.24, 2.45) is 0 Å². The SMILES string of the molecule is CC(C)(C)OC(=O)n1cc(I)c2c(F)cc(F)cc21. The van der Waals surface area contributed by atoms with Crippen molar-refractivity contribution >= 4 is 39.6 Å². The minimum atomic E-state index is -0.732. The molecule has 0 spiro atoms. The maximum absolute atomic E-state index is 13.7. The third kappa shape index (κ3) is 2.88. The van der Waals surface area contributed by atoms with Crippen molar-refractivity contribution in [1.82, 2.24) is 4.57 Å². The van der Waals surface area contributed by atoms with E-state index in [1.807, 2.05) is 22.6 Å². The summed E-state index contributed by atoms with van der Waals surface area (Å²) in [6.45, 7) is 5.17. The normalized spacial score (nSPS) is 11.9. The molecule has 1 heterocycles. The quantitative estimate of drug-likeness (QED) is 0.639. The average molecular weight is 379 g/mol. The number of aromatic nitrogens is 1. The summed E-state index contributed by atoms with van der Waals surface area (Å²) in [5, 5.41) is 0.216. The molecular weight excluding hydrogens is 367 g/mol. The summed E-state index contributed by atoms with van der Waals surface area (Å²) >= 11 is 1.90. The molecule has 0 saturated heterocycles. The van der Waals surface area contributed by atoms with Gasteiger partial charge in [-0.25, -0.2) is 13.6 Å².